The van der Waals surface area contributed by atoms with Crippen molar-refractivity contribution in [1.29, 1.82) is 0 Å². The normalized spacial score (nSPS) is 40.6. The summed E-state index contributed by atoms with van der Waals surface area (Å²) in [4.78, 5) is 40.1. The van der Waals surface area contributed by atoms with Crippen molar-refractivity contribution in [3.05, 3.63) is 53.6 Å². The Hall–Kier alpha value is -2.93. The molecule has 7 rings (SSSR count). The molecule has 6 aliphatic rings. The Bertz CT molecular complexity index is 1600. The van der Waals surface area contributed by atoms with E-state index in [1.54, 1.807) is 12.1 Å². The van der Waals surface area contributed by atoms with Crippen LogP contribution in [0.25, 0.3) is 5.57 Å². The van der Waals surface area contributed by atoms with Crippen LogP contribution in [0.5, 0.6) is 0 Å². The van der Waals surface area contributed by atoms with Gasteiger partial charge in [-0.25, -0.2) is 4.79 Å². The first-order valence-electron chi connectivity index (χ1n) is 19.6. The number of benzene rings is 1. The highest BCUT2D eigenvalue weighted by Gasteiger charge is 2.71. The minimum absolute atomic E-state index is 0.0227. The van der Waals surface area contributed by atoms with E-state index in [0.717, 1.165) is 44.2 Å². The first-order valence-corrected chi connectivity index (χ1v) is 19.6. The fourth-order valence-corrected chi connectivity index (χ4v) is 13.8. The quantitative estimate of drug-likeness (QED) is 0.258. The van der Waals surface area contributed by atoms with Crippen molar-refractivity contribution in [2.45, 2.75) is 99.3 Å². The summed E-state index contributed by atoms with van der Waals surface area (Å²) in [5.41, 5.74) is 4.26. The van der Waals surface area contributed by atoms with Crippen molar-refractivity contribution in [3.63, 3.8) is 0 Å². The molecule has 1 heterocycles. The molecule has 50 heavy (non-hydrogen) atoms. The van der Waals surface area contributed by atoms with Gasteiger partial charge in [-0.1, -0.05) is 65.0 Å². The minimum atomic E-state index is -0.881. The van der Waals surface area contributed by atoms with Crippen LogP contribution in [0.1, 0.15) is 115 Å². The molecule has 1 aromatic carbocycles. The number of piperazine rings is 1. The molecule has 7 nitrogen and oxygen atoms in total. The van der Waals surface area contributed by atoms with Gasteiger partial charge in [0, 0.05) is 26.2 Å². The van der Waals surface area contributed by atoms with Gasteiger partial charge in [0.15, 0.2) is 0 Å². The third-order valence-corrected chi connectivity index (χ3v) is 16.4. The molecule has 1 saturated heterocycles. The van der Waals surface area contributed by atoms with Gasteiger partial charge in [0.1, 0.15) is 0 Å². The summed E-state index contributed by atoms with van der Waals surface area (Å²) in [5, 5.41) is 15.8. The van der Waals surface area contributed by atoms with Gasteiger partial charge < -0.3 is 15.7 Å². The van der Waals surface area contributed by atoms with E-state index in [9.17, 15) is 19.5 Å². The topological polar surface area (TPSA) is 98.7 Å². The number of allylic oxidation sites excluding steroid dienone is 3. The van der Waals surface area contributed by atoms with E-state index in [2.05, 4.69) is 69.7 Å². The summed E-state index contributed by atoms with van der Waals surface area (Å²) < 4.78 is 0. The van der Waals surface area contributed by atoms with Crippen molar-refractivity contribution < 1.29 is 19.5 Å². The van der Waals surface area contributed by atoms with E-state index in [0.29, 0.717) is 61.3 Å². The summed E-state index contributed by atoms with van der Waals surface area (Å²) in [6, 6.07) is 7.52. The fraction of sp³-hybridized carbons (Fsp3) is 0.698. The summed E-state index contributed by atoms with van der Waals surface area (Å²) in [6.45, 7) is 22.7. The molecule has 0 aromatic heterocycles. The Morgan fingerprint density at radius 2 is 1.70 bits per heavy atom. The number of amides is 2. The Balaban J connectivity index is 1.15. The maximum atomic E-state index is 14.5. The lowest BCUT2D eigenvalue weighted by molar-refractivity contribution is -0.225. The Morgan fingerprint density at radius 1 is 0.960 bits per heavy atom. The van der Waals surface area contributed by atoms with Crippen molar-refractivity contribution in [2.75, 3.05) is 32.7 Å². The van der Waals surface area contributed by atoms with Gasteiger partial charge in [0.25, 0.3) is 0 Å². The third-order valence-electron chi connectivity index (χ3n) is 16.4. The van der Waals surface area contributed by atoms with Gasteiger partial charge in [0.2, 0.25) is 11.8 Å². The molecule has 7 heteroatoms. The molecule has 5 fully saturated rings. The van der Waals surface area contributed by atoms with Gasteiger partial charge in [-0.05, 0) is 139 Å². The smallest absolute Gasteiger partial charge is 0.335 e. The summed E-state index contributed by atoms with van der Waals surface area (Å²) in [7, 11) is 0. The molecule has 1 aromatic rings. The molecule has 9 atom stereocenters. The molecule has 0 spiro atoms. The number of hydrogen-bond donors (Lipinski definition) is 3. The summed E-state index contributed by atoms with van der Waals surface area (Å²) >= 11 is 0. The first kappa shape index (κ1) is 35.5. The molecule has 0 radical (unpaired) electrons. The Labute approximate surface area is 300 Å². The van der Waals surface area contributed by atoms with Gasteiger partial charge in [-0.15, -0.1) is 0 Å². The number of carboxylic acid groups (broad SMARTS) is 1. The zero-order valence-corrected chi connectivity index (χ0v) is 31.5. The molecule has 272 valence electrons. The van der Waals surface area contributed by atoms with Gasteiger partial charge in [-0.2, -0.15) is 0 Å². The van der Waals surface area contributed by atoms with E-state index < -0.39 is 5.97 Å². The number of carbonyl (C=O) groups is 3. The van der Waals surface area contributed by atoms with Crippen molar-refractivity contribution in [3.8, 4) is 0 Å². The molecule has 9 unspecified atom stereocenters. The predicted molar refractivity (Wildman–Crippen MR) is 198 cm³/mol. The fourth-order valence-electron chi connectivity index (χ4n) is 13.8. The van der Waals surface area contributed by atoms with Crippen LogP contribution in [0.4, 0.5) is 0 Å². The zero-order valence-electron chi connectivity index (χ0n) is 31.5. The van der Waals surface area contributed by atoms with Crippen LogP contribution in [0.2, 0.25) is 0 Å². The number of nitrogens with one attached hydrogen (secondary N) is 2. The molecule has 0 bridgehead atoms. The minimum Gasteiger partial charge on any atom is -0.478 e. The van der Waals surface area contributed by atoms with Crippen LogP contribution in [-0.2, 0) is 9.59 Å². The highest BCUT2D eigenvalue weighted by molar-refractivity contribution is 5.88. The van der Waals surface area contributed by atoms with Crippen molar-refractivity contribution in [1.82, 2.24) is 15.5 Å². The van der Waals surface area contributed by atoms with E-state index in [-0.39, 0.29) is 38.9 Å². The Morgan fingerprint density at radius 3 is 2.38 bits per heavy atom. The van der Waals surface area contributed by atoms with Crippen LogP contribution in [0, 0.1) is 56.7 Å². The van der Waals surface area contributed by atoms with Crippen LogP contribution in [0.3, 0.4) is 0 Å². The van der Waals surface area contributed by atoms with E-state index >= 15 is 0 Å². The third kappa shape index (κ3) is 5.17. The van der Waals surface area contributed by atoms with Gasteiger partial charge in [0.05, 0.1) is 17.5 Å². The largest absolute Gasteiger partial charge is 0.478 e. The second-order valence-corrected chi connectivity index (χ2v) is 18.7. The van der Waals surface area contributed by atoms with E-state index in [1.165, 1.54) is 36.8 Å². The molecular weight excluding hydrogens is 622 g/mol. The van der Waals surface area contributed by atoms with Crippen LogP contribution < -0.4 is 10.6 Å². The second kappa shape index (κ2) is 12.3. The maximum Gasteiger partial charge on any atom is 0.335 e. The SMILES string of the molecule is C=C(C)C1CCC2(C(=O)NCCN3CCNC(=O)C3)CCC3(C)C(CCC4C5(C)CC=C(c6ccc(C(=O)O)cc6)C(C)(C)C5CCC43C)C12. The molecule has 5 aliphatic carbocycles. The van der Waals surface area contributed by atoms with Gasteiger partial charge >= 0.3 is 5.97 Å². The Kier molecular flexibility index (Phi) is 8.76. The number of fused-ring (bicyclic) bond motifs is 7. The number of carboxylic acids is 1. The lowest BCUT2D eigenvalue weighted by atomic mass is 9.32. The predicted octanol–water partition coefficient (Wildman–Crippen LogP) is 7.58. The maximum absolute atomic E-state index is 14.5. The highest BCUT2D eigenvalue weighted by atomic mass is 16.4. The highest BCUT2D eigenvalue weighted by Crippen LogP contribution is 2.77. The van der Waals surface area contributed by atoms with Crippen LogP contribution in [-0.4, -0.2) is 60.5 Å². The standard InChI is InChI=1S/C43H61N3O4/c1-27(2)30-14-19-43(38(50)45-23-25-46-24-22-44-35(47)26-46)21-20-41(6)32(36(30)43)12-13-34-40(5)17-15-31(28-8-10-29(11-9-28)37(48)49)39(3,4)33(40)16-18-42(34,41)7/h8-11,15,30,32-34,36H,1,12-14,16-26H2,2-7H3,(H,44,47)(H,45,50)(H,48,49). The molecular formula is C43H61N3O4. The monoisotopic (exact) mass is 683 g/mol. The number of hydrogen-bond acceptors (Lipinski definition) is 4. The van der Waals surface area contributed by atoms with E-state index in [1.807, 2.05) is 12.1 Å². The van der Waals surface area contributed by atoms with Crippen LogP contribution in [0.15, 0.2) is 42.5 Å². The summed E-state index contributed by atoms with van der Waals surface area (Å²) in [6.07, 6.45) is 12.4. The second-order valence-electron chi connectivity index (χ2n) is 18.7. The number of aromatic carboxylic acids is 1. The number of nitrogens with zero attached hydrogens (tertiary/aromatic N) is 1. The lowest BCUT2D eigenvalue weighted by Gasteiger charge is -2.72. The average Bonchev–Trinajstić information content (AvgIpc) is 3.46. The van der Waals surface area contributed by atoms with Gasteiger partial charge in [-0.3, -0.25) is 14.5 Å². The van der Waals surface area contributed by atoms with Crippen molar-refractivity contribution in [2.24, 2.45) is 56.7 Å². The van der Waals surface area contributed by atoms with Crippen molar-refractivity contribution >= 4 is 23.4 Å². The molecule has 1 aliphatic heterocycles. The summed E-state index contributed by atoms with van der Waals surface area (Å²) in [5.74, 6) is 1.79. The number of carbonyl (C=O) groups excluding carboxylic acids is 2. The average molecular weight is 684 g/mol. The zero-order chi connectivity index (χ0) is 35.9. The van der Waals surface area contributed by atoms with E-state index in [4.69, 9.17) is 0 Å². The first-order chi connectivity index (χ1) is 23.6. The van der Waals surface area contributed by atoms with Crippen LogP contribution >= 0.6 is 0 Å². The number of rotatable bonds is 7. The molecule has 3 N–H and O–H groups in total. The molecule has 4 saturated carbocycles. The lowest BCUT2D eigenvalue weighted by Crippen LogP contribution is -2.66. The molecule has 2 amide bonds.